The zero-order valence-corrected chi connectivity index (χ0v) is 10.9. The molecule has 0 radical (unpaired) electrons. The van der Waals surface area contributed by atoms with E-state index in [0.29, 0.717) is 0 Å². The number of para-hydroxylation sites is 1. The van der Waals surface area contributed by atoms with Crippen molar-refractivity contribution < 1.29 is 0 Å². The van der Waals surface area contributed by atoms with E-state index >= 15 is 0 Å². The summed E-state index contributed by atoms with van der Waals surface area (Å²) in [5.74, 6) is 0. The molecular weight excluding hydrogens is 216 g/mol. The van der Waals surface area contributed by atoms with E-state index < -0.39 is 0 Å². The first-order valence-electron chi connectivity index (χ1n) is 5.84. The van der Waals surface area contributed by atoms with Gasteiger partial charge < -0.3 is 10.2 Å². The van der Waals surface area contributed by atoms with Crippen molar-refractivity contribution in [3.8, 4) is 0 Å². The lowest BCUT2D eigenvalue weighted by Gasteiger charge is -2.38. The SMILES string of the molecule is CNc1ccccc1C1(S)CCN(C)CC1. The third kappa shape index (κ3) is 2.20. The quantitative estimate of drug-likeness (QED) is 0.767. The number of thiol groups is 1. The molecule has 88 valence electrons. The monoisotopic (exact) mass is 236 g/mol. The molecule has 1 aliphatic heterocycles. The summed E-state index contributed by atoms with van der Waals surface area (Å²) in [7, 11) is 4.16. The van der Waals surface area contributed by atoms with Gasteiger partial charge in [0.1, 0.15) is 0 Å². The van der Waals surface area contributed by atoms with Crippen LogP contribution in [-0.2, 0) is 4.75 Å². The Hall–Kier alpha value is -0.670. The third-order valence-electron chi connectivity index (χ3n) is 3.51. The number of hydrogen-bond donors (Lipinski definition) is 2. The second-order valence-electron chi connectivity index (χ2n) is 4.63. The summed E-state index contributed by atoms with van der Waals surface area (Å²) in [5, 5.41) is 3.27. The topological polar surface area (TPSA) is 15.3 Å². The molecule has 1 saturated heterocycles. The average molecular weight is 236 g/mol. The third-order valence-corrected chi connectivity index (χ3v) is 4.20. The van der Waals surface area contributed by atoms with Gasteiger partial charge in [0.25, 0.3) is 0 Å². The smallest absolute Gasteiger partial charge is 0.0423 e. The van der Waals surface area contributed by atoms with Crippen LogP contribution in [0, 0.1) is 0 Å². The summed E-state index contributed by atoms with van der Waals surface area (Å²) < 4.78 is 0.0338. The molecule has 3 heteroatoms. The number of anilines is 1. The fourth-order valence-electron chi connectivity index (χ4n) is 2.36. The molecule has 1 heterocycles. The van der Waals surface area contributed by atoms with Crippen molar-refractivity contribution in [3.63, 3.8) is 0 Å². The number of rotatable bonds is 2. The predicted molar refractivity (Wildman–Crippen MR) is 73.4 cm³/mol. The number of nitrogens with zero attached hydrogens (tertiary/aromatic N) is 1. The highest BCUT2D eigenvalue weighted by Crippen LogP contribution is 2.41. The molecule has 1 aromatic rings. The molecule has 2 rings (SSSR count). The first-order chi connectivity index (χ1) is 7.65. The molecule has 1 fully saturated rings. The maximum absolute atomic E-state index is 4.94. The lowest BCUT2D eigenvalue weighted by molar-refractivity contribution is 0.241. The van der Waals surface area contributed by atoms with Gasteiger partial charge in [0.15, 0.2) is 0 Å². The molecule has 0 aromatic heterocycles. The van der Waals surface area contributed by atoms with Gasteiger partial charge in [0.05, 0.1) is 0 Å². The number of nitrogens with one attached hydrogen (secondary N) is 1. The van der Waals surface area contributed by atoms with Gasteiger partial charge in [-0.25, -0.2) is 0 Å². The molecule has 0 bridgehead atoms. The van der Waals surface area contributed by atoms with Crippen molar-refractivity contribution in [1.82, 2.24) is 4.90 Å². The first kappa shape index (κ1) is 11.8. The second-order valence-corrected chi connectivity index (χ2v) is 5.49. The first-order valence-corrected chi connectivity index (χ1v) is 6.28. The van der Waals surface area contributed by atoms with E-state index in [-0.39, 0.29) is 4.75 Å². The average Bonchev–Trinajstić information content (AvgIpc) is 2.33. The van der Waals surface area contributed by atoms with Gasteiger partial charge in [0, 0.05) is 17.5 Å². The van der Waals surface area contributed by atoms with E-state index in [0.717, 1.165) is 25.9 Å². The van der Waals surface area contributed by atoms with E-state index in [9.17, 15) is 0 Å². The molecule has 0 amide bonds. The van der Waals surface area contributed by atoms with Crippen LogP contribution in [0.25, 0.3) is 0 Å². The Morgan fingerprint density at radius 2 is 1.88 bits per heavy atom. The standard InChI is InChI=1S/C13H20N2S/c1-14-12-6-4-3-5-11(12)13(16)7-9-15(2)10-8-13/h3-6,14,16H,7-10H2,1-2H3. The Morgan fingerprint density at radius 3 is 2.50 bits per heavy atom. The van der Waals surface area contributed by atoms with Gasteiger partial charge in [0.2, 0.25) is 0 Å². The van der Waals surface area contributed by atoms with Crippen LogP contribution in [0.2, 0.25) is 0 Å². The van der Waals surface area contributed by atoms with Crippen molar-refractivity contribution in [3.05, 3.63) is 29.8 Å². The van der Waals surface area contributed by atoms with Crippen molar-refractivity contribution in [2.45, 2.75) is 17.6 Å². The second kappa shape index (κ2) is 4.68. The highest BCUT2D eigenvalue weighted by atomic mass is 32.1. The predicted octanol–water partition coefficient (Wildman–Crippen LogP) is 2.58. The fourth-order valence-corrected chi connectivity index (χ4v) is 2.76. The lowest BCUT2D eigenvalue weighted by Crippen LogP contribution is -2.37. The normalized spacial score (nSPS) is 20.7. The number of hydrogen-bond acceptors (Lipinski definition) is 3. The summed E-state index contributed by atoms with van der Waals surface area (Å²) in [6.07, 6.45) is 2.23. The molecule has 0 saturated carbocycles. The van der Waals surface area contributed by atoms with Gasteiger partial charge in [-0.1, -0.05) is 18.2 Å². The van der Waals surface area contributed by atoms with Crippen LogP contribution in [0.1, 0.15) is 18.4 Å². The van der Waals surface area contributed by atoms with Crippen molar-refractivity contribution in [2.75, 3.05) is 32.5 Å². The van der Waals surface area contributed by atoms with Crippen LogP contribution < -0.4 is 5.32 Å². The highest BCUT2D eigenvalue weighted by molar-refractivity contribution is 7.81. The van der Waals surface area contributed by atoms with Crippen LogP contribution in [0.15, 0.2) is 24.3 Å². The summed E-state index contributed by atoms with van der Waals surface area (Å²) in [6, 6.07) is 8.50. The Bertz CT molecular complexity index is 357. The molecule has 0 atom stereocenters. The van der Waals surface area contributed by atoms with E-state index in [4.69, 9.17) is 12.6 Å². The zero-order chi connectivity index (χ0) is 11.6. The fraction of sp³-hybridized carbons (Fsp3) is 0.538. The minimum Gasteiger partial charge on any atom is -0.388 e. The van der Waals surface area contributed by atoms with Gasteiger partial charge in [-0.3, -0.25) is 0 Å². The molecule has 2 nitrogen and oxygen atoms in total. The van der Waals surface area contributed by atoms with E-state index in [1.54, 1.807) is 0 Å². The van der Waals surface area contributed by atoms with Crippen LogP contribution in [0.4, 0.5) is 5.69 Å². The molecule has 1 N–H and O–H groups in total. The summed E-state index contributed by atoms with van der Waals surface area (Å²) in [4.78, 5) is 2.37. The molecule has 16 heavy (non-hydrogen) atoms. The van der Waals surface area contributed by atoms with E-state index in [2.05, 4.69) is 41.5 Å². The van der Waals surface area contributed by atoms with Crippen LogP contribution >= 0.6 is 12.6 Å². The molecular formula is C13H20N2S. The van der Waals surface area contributed by atoms with E-state index in [1.165, 1.54) is 11.3 Å². The maximum atomic E-state index is 4.94. The molecule has 0 spiro atoms. The van der Waals surface area contributed by atoms with Gasteiger partial charge in [-0.2, -0.15) is 12.6 Å². The van der Waals surface area contributed by atoms with Crippen molar-refractivity contribution in [2.24, 2.45) is 0 Å². The largest absolute Gasteiger partial charge is 0.388 e. The number of likely N-dealkylation sites (tertiary alicyclic amines) is 1. The van der Waals surface area contributed by atoms with Crippen molar-refractivity contribution >= 4 is 18.3 Å². The minimum atomic E-state index is 0.0338. The highest BCUT2D eigenvalue weighted by Gasteiger charge is 2.33. The van der Waals surface area contributed by atoms with Crippen LogP contribution in [0.3, 0.4) is 0 Å². The summed E-state index contributed by atoms with van der Waals surface area (Å²) >= 11 is 4.94. The van der Waals surface area contributed by atoms with E-state index in [1.807, 2.05) is 7.05 Å². The maximum Gasteiger partial charge on any atom is 0.0423 e. The Labute approximate surface area is 103 Å². The van der Waals surface area contributed by atoms with Crippen LogP contribution in [-0.4, -0.2) is 32.1 Å². The van der Waals surface area contributed by atoms with Crippen LogP contribution in [0.5, 0.6) is 0 Å². The minimum absolute atomic E-state index is 0.0338. The van der Waals surface area contributed by atoms with Gasteiger partial charge >= 0.3 is 0 Å². The van der Waals surface area contributed by atoms with Crippen molar-refractivity contribution in [1.29, 1.82) is 0 Å². The summed E-state index contributed by atoms with van der Waals surface area (Å²) in [5.41, 5.74) is 2.55. The van der Waals surface area contributed by atoms with Gasteiger partial charge in [-0.15, -0.1) is 0 Å². The molecule has 0 unspecified atom stereocenters. The Morgan fingerprint density at radius 1 is 1.25 bits per heavy atom. The molecule has 0 aliphatic carbocycles. The summed E-state index contributed by atoms with van der Waals surface area (Å²) in [6.45, 7) is 2.25. The zero-order valence-electron chi connectivity index (χ0n) is 10.0. The molecule has 1 aromatic carbocycles. The molecule has 1 aliphatic rings. The lowest BCUT2D eigenvalue weighted by atomic mass is 9.87. The number of piperidine rings is 1. The Kier molecular flexibility index (Phi) is 3.45. The van der Waals surface area contributed by atoms with Gasteiger partial charge in [-0.05, 0) is 44.6 Å². The number of benzene rings is 1. The Balaban J connectivity index is 2.28.